The molecule has 1 aromatic carbocycles. The minimum Gasteiger partial charge on any atom is -0.337 e. The van der Waals surface area contributed by atoms with Crippen molar-refractivity contribution in [3.63, 3.8) is 0 Å². The summed E-state index contributed by atoms with van der Waals surface area (Å²) in [5, 5.41) is 0.0693. The van der Waals surface area contributed by atoms with Gasteiger partial charge in [0.15, 0.2) is 0 Å². The number of likely N-dealkylation sites (tertiary alicyclic amines) is 1. The van der Waals surface area contributed by atoms with Gasteiger partial charge in [-0.3, -0.25) is 4.79 Å². The summed E-state index contributed by atoms with van der Waals surface area (Å²) in [5.41, 5.74) is 0.720. The smallest absolute Gasteiger partial charge is 0.253 e. The zero-order valence-corrected chi connectivity index (χ0v) is 12.0. The molecule has 0 saturated carbocycles. The number of hydrogen-bond acceptors (Lipinski definition) is 1. The number of alkyl halides is 1. The summed E-state index contributed by atoms with van der Waals surface area (Å²) in [6.07, 6.45) is 0.980. The van der Waals surface area contributed by atoms with E-state index in [1.54, 1.807) is 0 Å². The second-order valence-electron chi connectivity index (χ2n) is 4.54. The highest BCUT2D eigenvalue weighted by Crippen LogP contribution is 2.23. The zero-order chi connectivity index (χ0) is 12.4. The zero-order valence-electron chi connectivity index (χ0n) is 9.70. The Kier molecular flexibility index (Phi) is 4.10. The van der Waals surface area contributed by atoms with Crippen molar-refractivity contribution in [2.24, 2.45) is 5.92 Å². The standard InChI is InChI=1S/C13H15BrClNO/c1-9-5-6-16(8-12(9)15)13(17)10-3-2-4-11(14)7-10/h2-4,7,9,12H,5-6,8H2,1H3. The van der Waals surface area contributed by atoms with Crippen LogP contribution in [-0.4, -0.2) is 29.3 Å². The third-order valence-electron chi connectivity index (χ3n) is 3.23. The van der Waals surface area contributed by atoms with Gasteiger partial charge in [0.2, 0.25) is 0 Å². The number of amides is 1. The van der Waals surface area contributed by atoms with Crippen molar-refractivity contribution in [3.05, 3.63) is 34.3 Å². The Morgan fingerprint density at radius 3 is 2.94 bits per heavy atom. The maximum absolute atomic E-state index is 12.3. The lowest BCUT2D eigenvalue weighted by Crippen LogP contribution is -2.43. The number of piperidine rings is 1. The number of rotatable bonds is 1. The molecule has 2 rings (SSSR count). The highest BCUT2D eigenvalue weighted by Gasteiger charge is 2.27. The molecule has 17 heavy (non-hydrogen) atoms. The summed E-state index contributed by atoms with van der Waals surface area (Å²) in [4.78, 5) is 14.1. The maximum atomic E-state index is 12.3. The molecule has 0 bridgehead atoms. The molecule has 0 radical (unpaired) electrons. The predicted molar refractivity (Wildman–Crippen MR) is 73.5 cm³/mol. The molecule has 1 fully saturated rings. The largest absolute Gasteiger partial charge is 0.337 e. The lowest BCUT2D eigenvalue weighted by Gasteiger charge is -2.34. The van der Waals surface area contributed by atoms with E-state index in [9.17, 15) is 4.79 Å². The molecule has 0 aromatic heterocycles. The molecule has 0 N–H and O–H groups in total. The van der Waals surface area contributed by atoms with Crippen molar-refractivity contribution < 1.29 is 4.79 Å². The van der Waals surface area contributed by atoms with Crippen molar-refractivity contribution in [1.29, 1.82) is 0 Å². The van der Waals surface area contributed by atoms with E-state index < -0.39 is 0 Å². The fourth-order valence-corrected chi connectivity index (χ4v) is 2.70. The van der Waals surface area contributed by atoms with Gasteiger partial charge in [-0.25, -0.2) is 0 Å². The predicted octanol–water partition coefficient (Wildman–Crippen LogP) is 3.54. The Balaban J connectivity index is 2.10. The van der Waals surface area contributed by atoms with Crippen molar-refractivity contribution in [3.8, 4) is 0 Å². The second-order valence-corrected chi connectivity index (χ2v) is 6.02. The van der Waals surface area contributed by atoms with Crippen LogP contribution in [0.4, 0.5) is 0 Å². The van der Waals surface area contributed by atoms with E-state index in [2.05, 4.69) is 22.9 Å². The fourth-order valence-electron chi connectivity index (χ4n) is 2.01. The normalized spacial score (nSPS) is 24.8. The SMILES string of the molecule is CC1CCN(C(=O)c2cccc(Br)c2)CC1Cl. The molecule has 2 unspecified atom stereocenters. The minimum absolute atomic E-state index is 0.0693. The van der Waals surface area contributed by atoms with Crippen molar-refractivity contribution in [1.82, 2.24) is 4.90 Å². The molecule has 1 aliphatic heterocycles. The van der Waals surface area contributed by atoms with Crippen LogP contribution in [0.15, 0.2) is 28.7 Å². The topological polar surface area (TPSA) is 20.3 Å². The van der Waals surface area contributed by atoms with Gasteiger partial charge in [-0.15, -0.1) is 11.6 Å². The molecular weight excluding hydrogens is 302 g/mol. The van der Waals surface area contributed by atoms with Crippen LogP contribution in [-0.2, 0) is 0 Å². The summed E-state index contributed by atoms with van der Waals surface area (Å²) in [7, 11) is 0. The van der Waals surface area contributed by atoms with E-state index in [1.807, 2.05) is 29.2 Å². The summed E-state index contributed by atoms with van der Waals surface area (Å²) < 4.78 is 0.927. The first-order valence-electron chi connectivity index (χ1n) is 5.77. The monoisotopic (exact) mass is 315 g/mol. The molecule has 1 heterocycles. The molecular formula is C13H15BrClNO. The Bertz CT molecular complexity index is 424. The minimum atomic E-state index is 0.0693. The van der Waals surface area contributed by atoms with Gasteiger partial charge in [0, 0.05) is 23.1 Å². The van der Waals surface area contributed by atoms with E-state index in [1.165, 1.54) is 0 Å². The first-order chi connectivity index (χ1) is 8.08. The number of nitrogens with zero attached hydrogens (tertiary/aromatic N) is 1. The van der Waals surface area contributed by atoms with Gasteiger partial charge in [0.05, 0.1) is 5.38 Å². The number of benzene rings is 1. The maximum Gasteiger partial charge on any atom is 0.253 e. The van der Waals surface area contributed by atoms with Crippen LogP contribution >= 0.6 is 27.5 Å². The molecule has 1 amide bonds. The van der Waals surface area contributed by atoms with E-state index >= 15 is 0 Å². The van der Waals surface area contributed by atoms with Gasteiger partial charge in [-0.05, 0) is 30.5 Å². The lowest BCUT2D eigenvalue weighted by atomic mass is 9.98. The number of carbonyl (C=O) groups excluding carboxylic acids is 1. The van der Waals surface area contributed by atoms with Gasteiger partial charge in [-0.1, -0.05) is 28.9 Å². The summed E-state index contributed by atoms with van der Waals surface area (Å²) in [6, 6.07) is 7.49. The van der Waals surface area contributed by atoms with E-state index in [0.717, 1.165) is 23.0 Å². The molecule has 2 atom stereocenters. The average Bonchev–Trinajstić information content (AvgIpc) is 2.32. The van der Waals surface area contributed by atoms with Crippen LogP contribution in [0.2, 0.25) is 0 Å². The molecule has 92 valence electrons. The van der Waals surface area contributed by atoms with Crippen LogP contribution in [0, 0.1) is 5.92 Å². The number of hydrogen-bond donors (Lipinski definition) is 0. The molecule has 0 spiro atoms. The van der Waals surface area contributed by atoms with Crippen LogP contribution in [0.25, 0.3) is 0 Å². The second kappa shape index (κ2) is 5.40. The Hall–Kier alpha value is -0.540. The average molecular weight is 317 g/mol. The Morgan fingerprint density at radius 2 is 2.29 bits per heavy atom. The van der Waals surface area contributed by atoms with E-state index in [-0.39, 0.29) is 11.3 Å². The van der Waals surface area contributed by atoms with Crippen LogP contribution in [0.5, 0.6) is 0 Å². The molecule has 4 heteroatoms. The summed E-state index contributed by atoms with van der Waals surface area (Å²) in [6.45, 7) is 3.59. The highest BCUT2D eigenvalue weighted by atomic mass is 79.9. The third-order valence-corrected chi connectivity index (χ3v) is 4.29. The van der Waals surface area contributed by atoms with Gasteiger partial charge in [0.25, 0.3) is 5.91 Å². The van der Waals surface area contributed by atoms with Crippen LogP contribution < -0.4 is 0 Å². The first kappa shape index (κ1) is 12.9. The van der Waals surface area contributed by atoms with Gasteiger partial charge >= 0.3 is 0 Å². The number of halogens is 2. The molecule has 1 aliphatic rings. The van der Waals surface area contributed by atoms with Crippen molar-refractivity contribution in [2.75, 3.05) is 13.1 Å². The number of carbonyl (C=O) groups is 1. The van der Waals surface area contributed by atoms with Crippen molar-refractivity contribution in [2.45, 2.75) is 18.7 Å². The fraction of sp³-hybridized carbons (Fsp3) is 0.462. The van der Waals surface area contributed by atoms with Crippen LogP contribution in [0.1, 0.15) is 23.7 Å². The quantitative estimate of drug-likeness (QED) is 0.726. The molecule has 1 saturated heterocycles. The lowest BCUT2D eigenvalue weighted by molar-refractivity contribution is 0.0701. The van der Waals surface area contributed by atoms with Gasteiger partial charge in [-0.2, -0.15) is 0 Å². The Labute approximate surface area is 115 Å². The van der Waals surface area contributed by atoms with E-state index in [4.69, 9.17) is 11.6 Å². The summed E-state index contributed by atoms with van der Waals surface area (Å²) >= 11 is 9.60. The van der Waals surface area contributed by atoms with Gasteiger partial charge in [0.1, 0.15) is 0 Å². The molecule has 2 nitrogen and oxygen atoms in total. The molecule has 0 aliphatic carbocycles. The first-order valence-corrected chi connectivity index (χ1v) is 7.00. The van der Waals surface area contributed by atoms with Crippen LogP contribution in [0.3, 0.4) is 0 Å². The van der Waals surface area contributed by atoms with E-state index in [0.29, 0.717) is 12.5 Å². The highest BCUT2D eigenvalue weighted by molar-refractivity contribution is 9.10. The third kappa shape index (κ3) is 3.02. The van der Waals surface area contributed by atoms with Crippen molar-refractivity contribution >= 4 is 33.4 Å². The Morgan fingerprint density at radius 1 is 1.53 bits per heavy atom. The summed E-state index contributed by atoms with van der Waals surface area (Å²) in [5.74, 6) is 0.562. The molecule has 1 aromatic rings. The van der Waals surface area contributed by atoms with Gasteiger partial charge < -0.3 is 4.90 Å².